The van der Waals surface area contributed by atoms with Gasteiger partial charge in [0.05, 0.1) is 12.6 Å². The van der Waals surface area contributed by atoms with E-state index in [4.69, 9.17) is 14.2 Å². The number of amides is 1. The minimum Gasteiger partial charge on any atom is -0.479 e. The number of carbonyl (C=O) groups is 4. The van der Waals surface area contributed by atoms with Crippen LogP contribution in [0.25, 0.3) is 0 Å². The fourth-order valence-corrected chi connectivity index (χ4v) is 5.73. The molecule has 0 bridgehead atoms. The first-order valence-corrected chi connectivity index (χ1v) is 13.4. The molecule has 0 aromatic rings. The van der Waals surface area contributed by atoms with Crippen molar-refractivity contribution in [2.75, 3.05) is 6.61 Å². The first-order valence-electron chi connectivity index (χ1n) is 13.4. The highest BCUT2D eigenvalue weighted by Crippen LogP contribution is 2.41. The van der Waals surface area contributed by atoms with Crippen molar-refractivity contribution in [2.24, 2.45) is 5.92 Å². The molecule has 13 heteroatoms. The molecule has 0 aromatic carbocycles. The van der Waals surface area contributed by atoms with Crippen molar-refractivity contribution in [2.45, 2.75) is 121 Å². The zero-order valence-electron chi connectivity index (χ0n) is 22.0. The summed E-state index contributed by atoms with van der Waals surface area (Å²) in [5.74, 6) is -3.32. The van der Waals surface area contributed by atoms with E-state index in [0.29, 0.717) is 25.7 Å². The molecule has 38 heavy (non-hydrogen) atoms. The highest BCUT2D eigenvalue weighted by Gasteiger charge is 2.52. The molecule has 10 atom stereocenters. The fraction of sp³-hybridized carbons (Fsp3) is 0.840. The lowest BCUT2D eigenvalue weighted by Crippen LogP contribution is -2.61. The predicted molar refractivity (Wildman–Crippen MR) is 129 cm³/mol. The van der Waals surface area contributed by atoms with Gasteiger partial charge >= 0.3 is 17.9 Å². The standard InChI is InChI=1S/C25H40N2O11/c1-4-8-14(23(34)36-5-2)26-12(3)21(31)27-15-10-7-6-9-13(15)11-16(27)24(35)38-25-19(30)17(28)18(29)20(37-25)22(32)33/h12-20,25-26,28-30H,4-11H2,1-3H3,(H,32,33)/t12-,13-,14-,15-,16?,17?,18?,19?,20?,25?/m1/s1. The Morgan fingerprint density at radius 2 is 1.74 bits per heavy atom. The number of esters is 2. The van der Waals surface area contributed by atoms with Crippen molar-refractivity contribution in [3.8, 4) is 0 Å². The number of aliphatic carboxylic acids is 1. The number of aliphatic hydroxyl groups excluding tert-OH is 3. The summed E-state index contributed by atoms with van der Waals surface area (Å²) >= 11 is 0. The SMILES string of the molecule is CCC[C@@H](N[C@H](C)C(=O)N1C(C(=O)OC2OC(C(=O)O)C(O)C(O)C2O)C[C@H]2CCCC[C@H]21)C(=O)OCC. The summed E-state index contributed by atoms with van der Waals surface area (Å²) in [7, 11) is 0. The molecule has 0 spiro atoms. The van der Waals surface area contributed by atoms with Crippen LogP contribution in [-0.4, -0.2) is 111 Å². The largest absolute Gasteiger partial charge is 0.479 e. The maximum Gasteiger partial charge on any atom is 0.335 e. The Morgan fingerprint density at radius 3 is 2.37 bits per heavy atom. The molecule has 6 unspecified atom stereocenters. The molecule has 216 valence electrons. The van der Waals surface area contributed by atoms with Crippen molar-refractivity contribution in [1.29, 1.82) is 0 Å². The summed E-state index contributed by atoms with van der Waals surface area (Å²) in [5.41, 5.74) is 0. The second kappa shape index (κ2) is 13.2. The number of carbonyl (C=O) groups excluding carboxylic acids is 3. The van der Waals surface area contributed by atoms with Gasteiger partial charge in [-0.2, -0.15) is 0 Å². The lowest BCUT2D eigenvalue weighted by atomic mass is 9.84. The third kappa shape index (κ3) is 6.45. The van der Waals surface area contributed by atoms with E-state index in [2.05, 4.69) is 5.32 Å². The van der Waals surface area contributed by atoms with E-state index < -0.39 is 72.6 Å². The Morgan fingerprint density at radius 1 is 1.05 bits per heavy atom. The molecule has 5 N–H and O–H groups in total. The summed E-state index contributed by atoms with van der Waals surface area (Å²) in [6.45, 7) is 5.43. The number of carboxylic acids is 1. The minimum absolute atomic E-state index is 0.0466. The van der Waals surface area contributed by atoms with Crippen LogP contribution >= 0.6 is 0 Å². The van der Waals surface area contributed by atoms with E-state index >= 15 is 0 Å². The van der Waals surface area contributed by atoms with Crippen molar-refractivity contribution in [3.05, 3.63) is 0 Å². The molecule has 1 aliphatic carbocycles. The van der Waals surface area contributed by atoms with Gasteiger partial charge in [-0.1, -0.05) is 26.2 Å². The van der Waals surface area contributed by atoms with E-state index in [9.17, 15) is 39.6 Å². The van der Waals surface area contributed by atoms with Crippen LogP contribution in [0, 0.1) is 5.92 Å². The van der Waals surface area contributed by atoms with Crippen LogP contribution in [0.2, 0.25) is 0 Å². The van der Waals surface area contributed by atoms with Gasteiger partial charge in [-0.3, -0.25) is 14.9 Å². The van der Waals surface area contributed by atoms with Crippen molar-refractivity contribution < 1.29 is 53.8 Å². The highest BCUT2D eigenvalue weighted by molar-refractivity contribution is 5.89. The number of nitrogens with one attached hydrogen (secondary N) is 1. The third-order valence-electron chi connectivity index (χ3n) is 7.63. The van der Waals surface area contributed by atoms with Crippen molar-refractivity contribution in [3.63, 3.8) is 0 Å². The number of aliphatic hydroxyl groups is 3. The topological polar surface area (TPSA) is 192 Å². The Kier molecular flexibility index (Phi) is 10.5. The average molecular weight is 545 g/mol. The molecule has 0 aromatic heterocycles. The summed E-state index contributed by atoms with van der Waals surface area (Å²) in [4.78, 5) is 52.3. The lowest BCUT2D eigenvalue weighted by Gasteiger charge is -2.39. The number of ether oxygens (including phenoxy) is 3. The summed E-state index contributed by atoms with van der Waals surface area (Å²) in [6.07, 6.45) is -4.71. The minimum atomic E-state index is -1.92. The van der Waals surface area contributed by atoms with E-state index in [0.717, 1.165) is 19.3 Å². The number of hydrogen-bond donors (Lipinski definition) is 5. The summed E-state index contributed by atoms with van der Waals surface area (Å²) in [6, 6.07) is -2.77. The van der Waals surface area contributed by atoms with E-state index in [1.165, 1.54) is 4.90 Å². The molecular weight excluding hydrogens is 504 g/mol. The Balaban J connectivity index is 1.78. The second-order valence-electron chi connectivity index (χ2n) is 10.3. The zero-order chi connectivity index (χ0) is 28.1. The summed E-state index contributed by atoms with van der Waals surface area (Å²) in [5, 5.41) is 42.5. The molecule has 1 amide bonds. The molecule has 3 rings (SSSR count). The third-order valence-corrected chi connectivity index (χ3v) is 7.63. The maximum atomic E-state index is 13.7. The average Bonchev–Trinajstić information content (AvgIpc) is 3.27. The van der Waals surface area contributed by atoms with Crippen molar-refractivity contribution in [1.82, 2.24) is 10.2 Å². The van der Waals surface area contributed by atoms with Crippen LogP contribution in [-0.2, 0) is 33.4 Å². The predicted octanol–water partition coefficient (Wildman–Crippen LogP) is -0.709. The van der Waals surface area contributed by atoms with Crippen LogP contribution < -0.4 is 5.32 Å². The molecule has 1 saturated carbocycles. The number of likely N-dealkylation sites (tertiary alicyclic amines) is 1. The van der Waals surface area contributed by atoms with Gasteiger partial charge in [-0.25, -0.2) is 9.59 Å². The van der Waals surface area contributed by atoms with E-state index in [1.54, 1.807) is 13.8 Å². The number of fused-ring (bicyclic) bond motifs is 1. The molecule has 2 saturated heterocycles. The maximum absolute atomic E-state index is 13.7. The molecule has 2 heterocycles. The van der Waals surface area contributed by atoms with Crippen LogP contribution in [0.4, 0.5) is 0 Å². The number of rotatable bonds is 10. The molecule has 0 radical (unpaired) electrons. The molecular formula is C25H40N2O11. The quantitative estimate of drug-likeness (QED) is 0.217. The number of nitrogens with zero attached hydrogens (tertiary/aromatic N) is 1. The van der Waals surface area contributed by atoms with Gasteiger partial charge in [0.2, 0.25) is 12.2 Å². The van der Waals surface area contributed by atoms with Crippen LogP contribution in [0.3, 0.4) is 0 Å². The van der Waals surface area contributed by atoms with Gasteiger partial charge in [-0.15, -0.1) is 0 Å². The van der Waals surface area contributed by atoms with Crippen LogP contribution in [0.15, 0.2) is 0 Å². The van der Waals surface area contributed by atoms with Gasteiger partial charge in [0, 0.05) is 6.04 Å². The van der Waals surface area contributed by atoms with Gasteiger partial charge in [0.25, 0.3) is 0 Å². The second-order valence-corrected chi connectivity index (χ2v) is 10.3. The van der Waals surface area contributed by atoms with Crippen LogP contribution in [0.1, 0.15) is 65.7 Å². The number of hydrogen-bond acceptors (Lipinski definition) is 11. The van der Waals surface area contributed by atoms with Gasteiger partial charge in [-0.05, 0) is 45.4 Å². The van der Waals surface area contributed by atoms with E-state index in [-0.39, 0.29) is 18.6 Å². The smallest absolute Gasteiger partial charge is 0.335 e. The van der Waals surface area contributed by atoms with Crippen molar-refractivity contribution >= 4 is 23.8 Å². The Hall–Kier alpha value is -2.32. The molecule has 13 nitrogen and oxygen atoms in total. The highest BCUT2D eigenvalue weighted by atomic mass is 16.7. The Bertz CT molecular complexity index is 870. The first-order chi connectivity index (χ1) is 18.0. The van der Waals surface area contributed by atoms with Gasteiger partial charge in [0.1, 0.15) is 30.4 Å². The molecule has 3 fully saturated rings. The zero-order valence-corrected chi connectivity index (χ0v) is 22.0. The first kappa shape index (κ1) is 30.2. The van der Waals surface area contributed by atoms with Gasteiger partial charge in [0.15, 0.2) is 6.10 Å². The molecule has 3 aliphatic rings. The summed E-state index contributed by atoms with van der Waals surface area (Å²) < 4.78 is 15.5. The normalized spacial score (nSPS) is 34.6. The Labute approximate surface area is 221 Å². The lowest BCUT2D eigenvalue weighted by molar-refractivity contribution is -0.287. The van der Waals surface area contributed by atoms with Crippen LogP contribution in [0.5, 0.6) is 0 Å². The van der Waals surface area contributed by atoms with E-state index in [1.807, 2.05) is 6.92 Å². The fourth-order valence-electron chi connectivity index (χ4n) is 5.73. The number of carboxylic acid groups (broad SMARTS) is 1. The van der Waals surface area contributed by atoms with Gasteiger partial charge < -0.3 is 39.5 Å². The molecule has 2 aliphatic heterocycles. The monoisotopic (exact) mass is 544 g/mol.